The van der Waals surface area contributed by atoms with Gasteiger partial charge in [-0.15, -0.1) is 0 Å². The number of rotatable bonds is 8. The van der Waals surface area contributed by atoms with Crippen molar-refractivity contribution in [3.63, 3.8) is 0 Å². The van der Waals surface area contributed by atoms with Crippen molar-refractivity contribution in [3.05, 3.63) is 30.1 Å². The van der Waals surface area contributed by atoms with Crippen LogP contribution in [0.15, 0.2) is 24.5 Å². The van der Waals surface area contributed by atoms with E-state index in [1.54, 1.807) is 18.5 Å². The zero-order chi connectivity index (χ0) is 14.4. The molecule has 0 bridgehead atoms. The van der Waals surface area contributed by atoms with Crippen molar-refractivity contribution in [2.45, 2.75) is 32.7 Å². The van der Waals surface area contributed by atoms with Gasteiger partial charge in [0, 0.05) is 19.8 Å². The number of fused-ring (bicyclic) bond motifs is 1. The van der Waals surface area contributed by atoms with Crippen molar-refractivity contribution < 1.29 is 14.6 Å². The number of carbonyl (C=O) groups is 1. The van der Waals surface area contributed by atoms with Crippen LogP contribution in [0.5, 0.6) is 0 Å². The van der Waals surface area contributed by atoms with Crippen LogP contribution in [0, 0.1) is 0 Å². The number of hydrogen-bond acceptors (Lipinski definition) is 3. The molecule has 20 heavy (non-hydrogen) atoms. The number of hydrogen-bond donors (Lipinski definition) is 1. The van der Waals surface area contributed by atoms with Gasteiger partial charge in [0.05, 0.1) is 22.9 Å². The summed E-state index contributed by atoms with van der Waals surface area (Å²) in [6, 6.07) is 5.16. The lowest BCUT2D eigenvalue weighted by molar-refractivity contribution is 0.0698. The first-order valence-corrected chi connectivity index (χ1v) is 6.99. The van der Waals surface area contributed by atoms with Crippen LogP contribution in [0.3, 0.4) is 0 Å². The van der Waals surface area contributed by atoms with E-state index in [9.17, 15) is 9.90 Å². The first kappa shape index (κ1) is 14.5. The number of para-hydroxylation sites is 1. The summed E-state index contributed by atoms with van der Waals surface area (Å²) in [6.07, 6.45) is 4.76. The highest BCUT2D eigenvalue weighted by Gasteiger charge is 2.12. The van der Waals surface area contributed by atoms with E-state index in [1.807, 2.05) is 10.6 Å². The number of aromatic nitrogens is 2. The molecule has 0 amide bonds. The van der Waals surface area contributed by atoms with Gasteiger partial charge in [0.15, 0.2) is 0 Å². The molecule has 0 unspecified atom stereocenters. The van der Waals surface area contributed by atoms with Crippen molar-refractivity contribution in [1.29, 1.82) is 0 Å². The molecule has 0 atom stereocenters. The lowest BCUT2D eigenvalue weighted by Gasteiger charge is -2.07. The van der Waals surface area contributed by atoms with E-state index in [1.165, 1.54) is 0 Å². The number of carboxylic acids is 1. The quantitative estimate of drug-likeness (QED) is 0.753. The fraction of sp³-hybridized carbons (Fsp3) is 0.467. The fourth-order valence-electron chi connectivity index (χ4n) is 2.15. The van der Waals surface area contributed by atoms with Crippen LogP contribution in [-0.4, -0.2) is 33.8 Å². The van der Waals surface area contributed by atoms with Gasteiger partial charge >= 0.3 is 5.97 Å². The second-order valence-electron chi connectivity index (χ2n) is 4.74. The van der Waals surface area contributed by atoms with Gasteiger partial charge in [0.25, 0.3) is 0 Å². The Morgan fingerprint density at radius 1 is 1.35 bits per heavy atom. The molecule has 0 aliphatic heterocycles. The van der Waals surface area contributed by atoms with Gasteiger partial charge in [0.1, 0.15) is 0 Å². The molecule has 5 nitrogen and oxygen atoms in total. The van der Waals surface area contributed by atoms with Crippen molar-refractivity contribution in [1.82, 2.24) is 9.55 Å². The molecule has 5 heteroatoms. The molecule has 1 N–H and O–H groups in total. The highest BCUT2D eigenvalue weighted by atomic mass is 16.5. The molecule has 108 valence electrons. The maximum Gasteiger partial charge on any atom is 0.337 e. The summed E-state index contributed by atoms with van der Waals surface area (Å²) in [5.41, 5.74) is 1.71. The standard InChI is InChI=1S/C15H20N2O3/c1-2-3-9-20-10-5-8-17-11-16-13-7-4-6-12(14(13)17)15(18)19/h4,6-7,11H,2-3,5,8-10H2,1H3,(H,18,19). The maximum absolute atomic E-state index is 11.2. The smallest absolute Gasteiger partial charge is 0.337 e. The Bertz CT molecular complexity index is 578. The Morgan fingerprint density at radius 3 is 2.90 bits per heavy atom. The molecule has 0 fully saturated rings. The molecule has 2 rings (SSSR count). The third-order valence-corrected chi connectivity index (χ3v) is 3.20. The first-order valence-electron chi connectivity index (χ1n) is 6.99. The average Bonchev–Trinajstić information content (AvgIpc) is 2.86. The van der Waals surface area contributed by atoms with Crippen LogP contribution in [0.2, 0.25) is 0 Å². The van der Waals surface area contributed by atoms with Crippen molar-refractivity contribution in [2.75, 3.05) is 13.2 Å². The van der Waals surface area contributed by atoms with Gasteiger partial charge in [-0.3, -0.25) is 0 Å². The Balaban J connectivity index is 2.01. The van der Waals surface area contributed by atoms with Gasteiger partial charge in [0.2, 0.25) is 0 Å². The molecule has 0 spiro atoms. The van der Waals surface area contributed by atoms with E-state index in [0.29, 0.717) is 24.2 Å². The van der Waals surface area contributed by atoms with Gasteiger partial charge in [-0.05, 0) is 25.0 Å². The van der Waals surface area contributed by atoms with E-state index in [0.717, 1.165) is 31.4 Å². The Hall–Kier alpha value is -1.88. The summed E-state index contributed by atoms with van der Waals surface area (Å²) in [6.45, 7) is 4.33. The summed E-state index contributed by atoms with van der Waals surface area (Å²) in [5, 5.41) is 9.23. The number of carboxylic acid groups (broad SMARTS) is 1. The minimum atomic E-state index is -0.920. The Morgan fingerprint density at radius 2 is 2.15 bits per heavy atom. The number of benzene rings is 1. The van der Waals surface area contributed by atoms with Gasteiger partial charge in [-0.25, -0.2) is 9.78 Å². The minimum Gasteiger partial charge on any atom is -0.478 e. The van der Waals surface area contributed by atoms with Crippen LogP contribution in [-0.2, 0) is 11.3 Å². The third-order valence-electron chi connectivity index (χ3n) is 3.20. The third kappa shape index (κ3) is 3.36. The van der Waals surface area contributed by atoms with Gasteiger partial charge < -0.3 is 14.4 Å². The molecule has 1 aromatic carbocycles. The maximum atomic E-state index is 11.2. The van der Waals surface area contributed by atoms with Gasteiger partial charge in [-0.2, -0.15) is 0 Å². The fourth-order valence-corrected chi connectivity index (χ4v) is 2.15. The van der Waals surface area contributed by atoms with E-state index in [-0.39, 0.29) is 0 Å². The number of ether oxygens (including phenoxy) is 1. The summed E-state index contributed by atoms with van der Waals surface area (Å²) in [7, 11) is 0. The zero-order valence-electron chi connectivity index (χ0n) is 11.7. The van der Waals surface area contributed by atoms with E-state index < -0.39 is 5.97 Å². The SMILES string of the molecule is CCCCOCCCn1cnc2cccc(C(=O)O)c21. The number of imidazole rings is 1. The molecule has 0 radical (unpaired) electrons. The second kappa shape index (κ2) is 7.05. The molecule has 1 aromatic heterocycles. The molecule has 0 saturated carbocycles. The summed E-state index contributed by atoms with van der Waals surface area (Å²) in [4.78, 5) is 15.5. The summed E-state index contributed by atoms with van der Waals surface area (Å²) < 4.78 is 7.40. The predicted molar refractivity (Wildman–Crippen MR) is 77.0 cm³/mol. The van der Waals surface area contributed by atoms with Crippen LogP contribution in [0.25, 0.3) is 11.0 Å². The largest absolute Gasteiger partial charge is 0.478 e. The lowest BCUT2D eigenvalue weighted by Crippen LogP contribution is -2.06. The summed E-state index contributed by atoms with van der Waals surface area (Å²) >= 11 is 0. The van der Waals surface area contributed by atoms with Gasteiger partial charge in [-0.1, -0.05) is 19.4 Å². The van der Waals surface area contributed by atoms with E-state index in [4.69, 9.17) is 4.74 Å². The molecule has 0 aliphatic carbocycles. The van der Waals surface area contributed by atoms with Crippen LogP contribution in [0.4, 0.5) is 0 Å². The first-order chi connectivity index (χ1) is 9.74. The second-order valence-corrected chi connectivity index (χ2v) is 4.74. The summed E-state index contributed by atoms with van der Waals surface area (Å²) in [5.74, 6) is -0.920. The predicted octanol–water partition coefficient (Wildman–Crippen LogP) is 2.94. The average molecular weight is 276 g/mol. The number of unbranched alkanes of at least 4 members (excludes halogenated alkanes) is 1. The molecule has 0 saturated heterocycles. The lowest BCUT2D eigenvalue weighted by atomic mass is 10.2. The number of nitrogens with zero attached hydrogens (tertiary/aromatic N) is 2. The Kier molecular flexibility index (Phi) is 5.12. The zero-order valence-corrected chi connectivity index (χ0v) is 11.7. The monoisotopic (exact) mass is 276 g/mol. The topological polar surface area (TPSA) is 64.4 Å². The normalized spacial score (nSPS) is 11.1. The molecule has 2 aromatic rings. The highest BCUT2D eigenvalue weighted by molar-refractivity contribution is 6.01. The van der Waals surface area contributed by atoms with E-state index >= 15 is 0 Å². The van der Waals surface area contributed by atoms with E-state index in [2.05, 4.69) is 11.9 Å². The minimum absolute atomic E-state index is 0.298. The Labute approximate surface area is 118 Å². The van der Waals surface area contributed by atoms with Crippen LogP contribution in [0.1, 0.15) is 36.5 Å². The molecule has 1 heterocycles. The highest BCUT2D eigenvalue weighted by Crippen LogP contribution is 2.18. The van der Waals surface area contributed by atoms with Crippen molar-refractivity contribution in [3.8, 4) is 0 Å². The van der Waals surface area contributed by atoms with Crippen LogP contribution < -0.4 is 0 Å². The molecule has 0 aliphatic rings. The van der Waals surface area contributed by atoms with Crippen molar-refractivity contribution >= 4 is 17.0 Å². The number of aryl methyl sites for hydroxylation is 1. The van der Waals surface area contributed by atoms with Crippen LogP contribution >= 0.6 is 0 Å². The van der Waals surface area contributed by atoms with Crippen molar-refractivity contribution in [2.24, 2.45) is 0 Å². The molecular weight excluding hydrogens is 256 g/mol. The number of aromatic carboxylic acids is 1. The molecular formula is C15H20N2O3.